The highest BCUT2D eigenvalue weighted by atomic mass is 32.1. The lowest BCUT2D eigenvalue weighted by Crippen LogP contribution is -2.47. The highest BCUT2D eigenvalue weighted by Gasteiger charge is 2.24. The molecular weight excluding hydrogens is 319 g/mol. The Morgan fingerprint density at radius 3 is 2.57 bits per heavy atom. The van der Waals surface area contributed by atoms with E-state index in [0.29, 0.717) is 37.5 Å². The van der Waals surface area contributed by atoms with Crippen LogP contribution in [0.3, 0.4) is 0 Å². The number of nitrogens with one attached hydrogen (secondary N) is 1. The molecule has 1 aromatic rings. The first kappa shape index (κ1) is 17.1. The fourth-order valence-electron chi connectivity index (χ4n) is 2.24. The Bertz CT molecular complexity index is 594. The van der Waals surface area contributed by atoms with Gasteiger partial charge in [0.25, 0.3) is 0 Å². The zero-order valence-corrected chi connectivity index (χ0v) is 13.6. The first-order valence-electron chi connectivity index (χ1n) is 7.27. The van der Waals surface area contributed by atoms with Crippen LogP contribution in [0.4, 0.5) is 9.18 Å². The minimum Gasteiger partial charge on any atom is -0.490 e. The smallest absolute Gasteiger partial charge is 0.323 e. The number of piperidine rings is 1. The largest absolute Gasteiger partial charge is 0.490 e. The van der Waals surface area contributed by atoms with Gasteiger partial charge in [-0.15, -0.1) is 0 Å². The Kier molecular flexibility index (Phi) is 5.86. The van der Waals surface area contributed by atoms with Crippen LogP contribution in [-0.4, -0.2) is 41.1 Å². The van der Waals surface area contributed by atoms with Crippen molar-refractivity contribution in [2.75, 3.05) is 13.1 Å². The number of amidine groups is 1. The number of urea groups is 1. The van der Waals surface area contributed by atoms with Gasteiger partial charge >= 0.3 is 6.03 Å². The third kappa shape index (κ3) is 5.48. The van der Waals surface area contributed by atoms with Crippen LogP contribution in [0.1, 0.15) is 19.8 Å². The number of ether oxygens (including phenoxy) is 1. The number of rotatable bonds is 2. The average Bonchev–Trinajstić information content (AvgIpc) is 2.49. The number of carbonyl (C=O) groups is 1. The Morgan fingerprint density at radius 1 is 1.39 bits per heavy atom. The van der Waals surface area contributed by atoms with E-state index in [1.807, 2.05) is 0 Å². The molecule has 0 bridgehead atoms. The molecule has 1 aliphatic heterocycles. The van der Waals surface area contributed by atoms with E-state index >= 15 is 0 Å². The Balaban J connectivity index is 1.79. The van der Waals surface area contributed by atoms with Gasteiger partial charge in [-0.25, -0.2) is 14.2 Å². The molecule has 0 unspecified atom stereocenters. The van der Waals surface area contributed by atoms with Gasteiger partial charge in [0.2, 0.25) is 5.11 Å². The summed E-state index contributed by atoms with van der Waals surface area (Å²) < 4.78 is 18.6. The molecule has 2 amide bonds. The minimum absolute atomic E-state index is 0.000713. The Morgan fingerprint density at radius 2 is 2.00 bits per heavy atom. The van der Waals surface area contributed by atoms with E-state index in [4.69, 9.17) is 22.7 Å². The molecular formula is C15H19FN4O2S. The summed E-state index contributed by atoms with van der Waals surface area (Å²) in [6, 6.07) is 5.62. The van der Waals surface area contributed by atoms with Crippen molar-refractivity contribution < 1.29 is 13.9 Å². The highest BCUT2D eigenvalue weighted by Crippen LogP contribution is 2.19. The molecule has 0 spiro atoms. The van der Waals surface area contributed by atoms with Gasteiger partial charge in [0.1, 0.15) is 17.7 Å². The maximum absolute atomic E-state index is 12.9. The summed E-state index contributed by atoms with van der Waals surface area (Å²) in [5.74, 6) is 0.625. The predicted molar refractivity (Wildman–Crippen MR) is 90.0 cm³/mol. The highest BCUT2D eigenvalue weighted by molar-refractivity contribution is 7.80. The van der Waals surface area contributed by atoms with E-state index in [-0.39, 0.29) is 23.1 Å². The van der Waals surface area contributed by atoms with Gasteiger partial charge < -0.3 is 15.4 Å². The summed E-state index contributed by atoms with van der Waals surface area (Å²) in [6.45, 7) is 2.69. The van der Waals surface area contributed by atoms with Gasteiger partial charge in [-0.05, 0) is 43.4 Å². The number of amides is 2. The molecule has 0 aromatic heterocycles. The quantitative estimate of drug-likeness (QED) is 0.491. The second-order valence-electron chi connectivity index (χ2n) is 5.25. The van der Waals surface area contributed by atoms with Crippen LogP contribution < -0.4 is 15.8 Å². The van der Waals surface area contributed by atoms with E-state index in [2.05, 4.69) is 10.3 Å². The SMILES string of the molecule is C/C(N)=N/C(=S)NC(=O)N1CCC(Oc2ccc(F)cc2)CC1. The zero-order chi connectivity index (χ0) is 16.8. The standard InChI is InChI=1S/C15H19FN4O2S/c1-10(17)18-14(23)19-15(21)20-8-6-13(7-9-20)22-12-4-2-11(16)3-5-12/h2-5,13H,6-9H2,1H3,(H3,17,18,19,21,23). The Labute approximate surface area is 139 Å². The molecule has 0 saturated carbocycles. The number of thiocarbonyl (C=S) groups is 1. The summed E-state index contributed by atoms with van der Waals surface area (Å²) in [5.41, 5.74) is 5.41. The van der Waals surface area contributed by atoms with E-state index in [0.717, 1.165) is 0 Å². The van der Waals surface area contributed by atoms with Crippen molar-refractivity contribution in [1.82, 2.24) is 10.2 Å². The number of likely N-dealkylation sites (tertiary alicyclic amines) is 1. The van der Waals surface area contributed by atoms with Crippen LogP contribution in [0.15, 0.2) is 29.3 Å². The average molecular weight is 338 g/mol. The number of nitrogens with zero attached hydrogens (tertiary/aromatic N) is 2. The van der Waals surface area contributed by atoms with E-state index < -0.39 is 0 Å². The number of hydrogen-bond donors (Lipinski definition) is 2. The summed E-state index contributed by atoms with van der Waals surface area (Å²) in [4.78, 5) is 17.5. The number of hydrogen-bond acceptors (Lipinski definition) is 3. The van der Waals surface area contributed by atoms with Gasteiger partial charge in [-0.1, -0.05) is 0 Å². The third-order valence-corrected chi connectivity index (χ3v) is 3.53. The van der Waals surface area contributed by atoms with Crippen LogP contribution >= 0.6 is 12.2 Å². The second kappa shape index (κ2) is 7.87. The zero-order valence-electron chi connectivity index (χ0n) is 12.8. The van der Waals surface area contributed by atoms with Crippen molar-refractivity contribution in [1.29, 1.82) is 0 Å². The molecule has 3 N–H and O–H groups in total. The van der Waals surface area contributed by atoms with Crippen LogP contribution in [0.5, 0.6) is 5.75 Å². The molecule has 124 valence electrons. The second-order valence-corrected chi connectivity index (χ2v) is 5.63. The fourth-order valence-corrected chi connectivity index (χ4v) is 2.47. The molecule has 1 heterocycles. The number of halogens is 1. The van der Waals surface area contributed by atoms with E-state index in [1.54, 1.807) is 24.0 Å². The third-order valence-electron chi connectivity index (χ3n) is 3.34. The molecule has 0 radical (unpaired) electrons. The lowest BCUT2D eigenvalue weighted by molar-refractivity contribution is 0.112. The summed E-state index contributed by atoms with van der Waals surface area (Å²) >= 11 is 4.91. The van der Waals surface area contributed by atoms with Gasteiger partial charge in [0.15, 0.2) is 0 Å². The molecule has 1 aliphatic rings. The predicted octanol–water partition coefficient (Wildman–Crippen LogP) is 2.04. The van der Waals surface area contributed by atoms with E-state index in [9.17, 15) is 9.18 Å². The normalized spacial score (nSPS) is 16.1. The molecule has 6 nitrogen and oxygen atoms in total. The molecule has 0 atom stereocenters. The van der Waals surface area contributed by atoms with Gasteiger partial charge in [0, 0.05) is 25.9 Å². The summed E-state index contributed by atoms with van der Waals surface area (Å²) in [5, 5.41) is 2.58. The van der Waals surface area contributed by atoms with Crippen molar-refractivity contribution in [3.8, 4) is 5.75 Å². The lowest BCUT2D eigenvalue weighted by Gasteiger charge is -2.32. The molecule has 23 heavy (non-hydrogen) atoms. The molecule has 1 aromatic carbocycles. The lowest BCUT2D eigenvalue weighted by atomic mass is 10.1. The van der Waals surface area contributed by atoms with Gasteiger partial charge in [-0.2, -0.15) is 0 Å². The van der Waals surface area contributed by atoms with Crippen LogP contribution in [-0.2, 0) is 0 Å². The van der Waals surface area contributed by atoms with Crippen molar-refractivity contribution in [3.63, 3.8) is 0 Å². The monoisotopic (exact) mass is 338 g/mol. The molecule has 2 rings (SSSR count). The fraction of sp³-hybridized carbons (Fsp3) is 0.400. The van der Waals surface area contributed by atoms with Crippen LogP contribution in [0.2, 0.25) is 0 Å². The maximum Gasteiger partial charge on any atom is 0.323 e. The minimum atomic E-state index is -0.296. The van der Waals surface area contributed by atoms with E-state index in [1.165, 1.54) is 12.1 Å². The Hall–Kier alpha value is -2.22. The number of nitrogens with two attached hydrogens (primary N) is 1. The van der Waals surface area contributed by atoms with Gasteiger partial charge in [0.05, 0.1) is 5.84 Å². The number of aliphatic imine (C=N–C) groups is 1. The number of carbonyl (C=O) groups excluding carboxylic acids is 1. The maximum atomic E-state index is 12.9. The van der Waals surface area contributed by atoms with Crippen LogP contribution in [0.25, 0.3) is 0 Å². The van der Waals surface area contributed by atoms with Crippen molar-refractivity contribution >= 4 is 29.2 Å². The number of benzene rings is 1. The first-order chi connectivity index (χ1) is 10.9. The van der Waals surface area contributed by atoms with Gasteiger partial charge in [-0.3, -0.25) is 5.32 Å². The molecule has 1 fully saturated rings. The summed E-state index contributed by atoms with van der Waals surface area (Å²) in [6.07, 6.45) is 1.38. The van der Waals surface area contributed by atoms with Crippen LogP contribution in [0, 0.1) is 5.82 Å². The van der Waals surface area contributed by atoms with Crippen molar-refractivity contribution in [3.05, 3.63) is 30.1 Å². The first-order valence-corrected chi connectivity index (χ1v) is 7.68. The van der Waals surface area contributed by atoms with Crippen molar-refractivity contribution in [2.24, 2.45) is 10.7 Å². The molecule has 8 heteroatoms. The molecule has 0 aliphatic carbocycles. The topological polar surface area (TPSA) is 79.9 Å². The molecule has 1 saturated heterocycles. The summed E-state index contributed by atoms with van der Waals surface area (Å²) in [7, 11) is 0. The van der Waals surface area contributed by atoms with Crippen molar-refractivity contribution in [2.45, 2.75) is 25.9 Å².